The quantitative estimate of drug-likeness (QED) is 0.145. The Bertz CT molecular complexity index is 1760. The number of rotatable bonds is 1. The zero-order valence-corrected chi connectivity index (χ0v) is 17.8. The molecule has 0 saturated heterocycles. The fourth-order valence-corrected chi connectivity index (χ4v) is 5.37. The lowest BCUT2D eigenvalue weighted by Crippen LogP contribution is -1.90. The van der Waals surface area contributed by atoms with E-state index in [1.165, 1.54) is 65.0 Å². The van der Waals surface area contributed by atoms with E-state index in [9.17, 15) is 0 Å². The number of hydrogen-bond acceptors (Lipinski definition) is 0. The molecule has 150 valence electrons. The van der Waals surface area contributed by atoms with Gasteiger partial charge >= 0.3 is 0 Å². The zero-order chi connectivity index (χ0) is 21.1. The topological polar surface area (TPSA) is 0 Å². The van der Waals surface area contributed by atoms with E-state index in [-0.39, 0.29) is 0 Å². The first-order valence-electron chi connectivity index (χ1n) is 11.4. The number of benzene rings is 6. The molecule has 1 aliphatic carbocycles. The summed E-state index contributed by atoms with van der Waals surface area (Å²) < 4.78 is 0. The molecule has 0 heteroatoms. The third-order valence-electron chi connectivity index (χ3n) is 7.01. The van der Waals surface area contributed by atoms with Crippen LogP contribution in [-0.4, -0.2) is 0 Å². The smallest absolute Gasteiger partial charge is 0.00942 e. The van der Waals surface area contributed by atoms with Crippen molar-refractivity contribution in [2.75, 3.05) is 0 Å². The SMILES string of the molecule is C1=CCC(c2cccc3cc4ccc5cc6cc7ccccc7cc6cc5c4cc23)=CC1. The third kappa shape index (κ3) is 2.70. The first-order valence-corrected chi connectivity index (χ1v) is 11.4. The maximum absolute atomic E-state index is 2.42. The Hall–Kier alpha value is -3.90. The van der Waals surface area contributed by atoms with Crippen LogP contribution in [0.25, 0.3) is 59.4 Å². The Morgan fingerprint density at radius 3 is 1.81 bits per heavy atom. The largest absolute Gasteiger partial charge is 0.0844 e. The summed E-state index contributed by atoms with van der Waals surface area (Å²) in [5, 5.41) is 13.1. The van der Waals surface area contributed by atoms with Crippen molar-refractivity contribution in [3.63, 3.8) is 0 Å². The first kappa shape index (κ1) is 17.7. The second-order valence-electron chi connectivity index (χ2n) is 8.93. The first-order chi connectivity index (χ1) is 15.8. The maximum atomic E-state index is 2.42. The lowest BCUT2D eigenvalue weighted by molar-refractivity contribution is 1.25. The molecule has 0 heterocycles. The highest BCUT2D eigenvalue weighted by molar-refractivity contribution is 6.17. The minimum Gasteiger partial charge on any atom is -0.0844 e. The van der Waals surface area contributed by atoms with Gasteiger partial charge < -0.3 is 0 Å². The van der Waals surface area contributed by atoms with Crippen LogP contribution in [0.5, 0.6) is 0 Å². The standard InChI is InChI=1S/C32H22/c1-2-7-21(8-3-1)29-12-6-11-24-17-25-13-14-26-18-27-15-22-9-4-5-10-23(22)16-28(27)19-30(26)32(25)20-31(24)29/h1-2,4-6,8-20H,3,7H2. The van der Waals surface area contributed by atoms with Gasteiger partial charge in [0.05, 0.1) is 0 Å². The Labute approximate surface area is 187 Å². The molecule has 0 fully saturated rings. The molecule has 6 aromatic rings. The predicted octanol–water partition coefficient (Wildman–Crippen LogP) is 9.19. The predicted molar refractivity (Wildman–Crippen MR) is 140 cm³/mol. The van der Waals surface area contributed by atoms with Crippen LogP contribution in [0.1, 0.15) is 18.4 Å². The molecule has 0 N–H and O–H groups in total. The van der Waals surface area contributed by atoms with Crippen molar-refractivity contribution in [2.24, 2.45) is 0 Å². The van der Waals surface area contributed by atoms with Crippen LogP contribution in [0, 0.1) is 0 Å². The summed E-state index contributed by atoms with van der Waals surface area (Å²) in [5.41, 5.74) is 2.81. The zero-order valence-electron chi connectivity index (χ0n) is 17.8. The van der Waals surface area contributed by atoms with Crippen molar-refractivity contribution in [3.05, 3.63) is 115 Å². The maximum Gasteiger partial charge on any atom is -0.00942 e. The molecule has 0 atom stereocenters. The van der Waals surface area contributed by atoms with Crippen LogP contribution in [0.2, 0.25) is 0 Å². The van der Waals surface area contributed by atoms with E-state index in [1.54, 1.807) is 0 Å². The lowest BCUT2D eigenvalue weighted by Gasteiger charge is -2.14. The Kier molecular flexibility index (Phi) is 3.77. The van der Waals surface area contributed by atoms with Crippen LogP contribution in [-0.2, 0) is 0 Å². The molecule has 32 heavy (non-hydrogen) atoms. The highest BCUT2D eigenvalue weighted by atomic mass is 14.1. The van der Waals surface area contributed by atoms with Gasteiger partial charge in [0.2, 0.25) is 0 Å². The average molecular weight is 407 g/mol. The molecule has 0 amide bonds. The Morgan fingerprint density at radius 2 is 1.06 bits per heavy atom. The summed E-state index contributed by atoms with van der Waals surface area (Å²) in [7, 11) is 0. The minimum absolute atomic E-state index is 1.02. The van der Waals surface area contributed by atoms with Crippen LogP contribution in [0.3, 0.4) is 0 Å². The Balaban J connectivity index is 1.55. The highest BCUT2D eigenvalue weighted by Gasteiger charge is 2.11. The molecule has 0 spiro atoms. The fraction of sp³-hybridized carbons (Fsp3) is 0.0625. The number of hydrogen-bond donors (Lipinski definition) is 0. The van der Waals surface area contributed by atoms with Gasteiger partial charge in [-0.15, -0.1) is 0 Å². The molecule has 6 aromatic carbocycles. The van der Waals surface area contributed by atoms with E-state index in [1.807, 2.05) is 0 Å². The van der Waals surface area contributed by atoms with Crippen molar-refractivity contribution in [1.29, 1.82) is 0 Å². The van der Waals surface area contributed by atoms with Crippen LogP contribution < -0.4 is 0 Å². The van der Waals surface area contributed by atoms with E-state index >= 15 is 0 Å². The third-order valence-corrected chi connectivity index (χ3v) is 7.01. The molecule has 0 radical (unpaired) electrons. The molecule has 0 nitrogen and oxygen atoms in total. The van der Waals surface area contributed by atoms with Crippen molar-refractivity contribution >= 4 is 59.4 Å². The molecule has 0 aliphatic heterocycles. The van der Waals surface area contributed by atoms with E-state index in [0.29, 0.717) is 0 Å². The van der Waals surface area contributed by atoms with Crippen molar-refractivity contribution in [1.82, 2.24) is 0 Å². The second-order valence-corrected chi connectivity index (χ2v) is 8.93. The van der Waals surface area contributed by atoms with E-state index in [4.69, 9.17) is 0 Å². The summed E-state index contributed by atoms with van der Waals surface area (Å²) in [6.07, 6.45) is 8.97. The van der Waals surface area contributed by atoms with Gasteiger partial charge in [0.1, 0.15) is 0 Å². The molecule has 0 saturated carbocycles. The number of allylic oxidation sites excluding steroid dienone is 4. The summed E-state index contributed by atoms with van der Waals surface area (Å²) in [5.74, 6) is 0. The van der Waals surface area contributed by atoms with Gasteiger partial charge in [-0.25, -0.2) is 0 Å². The summed E-state index contributed by atoms with van der Waals surface area (Å²) >= 11 is 0. The van der Waals surface area contributed by atoms with Gasteiger partial charge in [-0.2, -0.15) is 0 Å². The molecule has 0 aromatic heterocycles. The van der Waals surface area contributed by atoms with Crippen LogP contribution in [0.4, 0.5) is 0 Å². The molecule has 0 bridgehead atoms. The van der Waals surface area contributed by atoms with Gasteiger partial charge in [-0.1, -0.05) is 72.8 Å². The van der Waals surface area contributed by atoms with Crippen LogP contribution in [0.15, 0.2) is 109 Å². The lowest BCUT2D eigenvalue weighted by atomic mass is 9.90. The Morgan fingerprint density at radius 1 is 0.438 bits per heavy atom. The van der Waals surface area contributed by atoms with Crippen molar-refractivity contribution < 1.29 is 0 Å². The molecular weight excluding hydrogens is 384 g/mol. The van der Waals surface area contributed by atoms with E-state index < -0.39 is 0 Å². The molecule has 0 unspecified atom stereocenters. The van der Waals surface area contributed by atoms with Gasteiger partial charge in [-0.3, -0.25) is 0 Å². The van der Waals surface area contributed by atoms with Crippen molar-refractivity contribution in [3.8, 4) is 0 Å². The van der Waals surface area contributed by atoms with Crippen molar-refractivity contribution in [2.45, 2.75) is 12.8 Å². The van der Waals surface area contributed by atoms with E-state index in [2.05, 4.69) is 109 Å². The van der Waals surface area contributed by atoms with Gasteiger partial charge in [-0.05, 0) is 114 Å². The van der Waals surface area contributed by atoms with Crippen LogP contribution >= 0.6 is 0 Å². The fourth-order valence-electron chi connectivity index (χ4n) is 5.37. The molecule has 1 aliphatic rings. The number of fused-ring (bicyclic) bond motifs is 6. The van der Waals surface area contributed by atoms with Gasteiger partial charge in [0, 0.05) is 0 Å². The van der Waals surface area contributed by atoms with Gasteiger partial charge in [0.15, 0.2) is 0 Å². The average Bonchev–Trinajstić information content (AvgIpc) is 2.85. The highest BCUT2D eigenvalue weighted by Crippen LogP contribution is 2.36. The second kappa shape index (κ2) is 6.80. The molecular formula is C32H22. The van der Waals surface area contributed by atoms with E-state index in [0.717, 1.165) is 12.8 Å². The monoisotopic (exact) mass is 406 g/mol. The minimum atomic E-state index is 1.02. The summed E-state index contributed by atoms with van der Waals surface area (Å²) in [6.45, 7) is 0. The summed E-state index contributed by atoms with van der Waals surface area (Å²) in [6, 6.07) is 34.1. The normalized spacial score (nSPS) is 14.1. The molecule has 7 rings (SSSR count). The summed E-state index contributed by atoms with van der Waals surface area (Å²) in [4.78, 5) is 0. The van der Waals surface area contributed by atoms with Gasteiger partial charge in [0.25, 0.3) is 0 Å².